The van der Waals surface area contributed by atoms with Crippen LogP contribution in [0.15, 0.2) is 24.3 Å². The number of hydrogen-bond acceptors (Lipinski definition) is 3. The highest BCUT2D eigenvalue weighted by molar-refractivity contribution is 5.26. The maximum Gasteiger partial charge on any atom is 0.0620 e. The van der Waals surface area contributed by atoms with Crippen LogP contribution in [0.1, 0.15) is 58.2 Å². The van der Waals surface area contributed by atoms with E-state index in [2.05, 4.69) is 69.5 Å². The van der Waals surface area contributed by atoms with Crippen molar-refractivity contribution in [3.05, 3.63) is 35.4 Å². The molecule has 2 unspecified atom stereocenters. The molecule has 124 valence electrons. The zero-order valence-corrected chi connectivity index (χ0v) is 14.8. The molecule has 2 rings (SSSR count). The zero-order chi connectivity index (χ0) is 16.2. The summed E-state index contributed by atoms with van der Waals surface area (Å²) < 4.78 is 5.46. The fraction of sp³-hybridized carbons (Fsp3) is 0.684. The van der Waals surface area contributed by atoms with Crippen molar-refractivity contribution in [2.45, 2.75) is 71.1 Å². The molecule has 1 heterocycles. The minimum Gasteiger partial charge on any atom is -0.380 e. The second-order valence-corrected chi connectivity index (χ2v) is 7.55. The molecule has 2 N–H and O–H groups in total. The van der Waals surface area contributed by atoms with Crippen molar-refractivity contribution in [1.29, 1.82) is 0 Å². The van der Waals surface area contributed by atoms with Gasteiger partial charge in [0.2, 0.25) is 0 Å². The van der Waals surface area contributed by atoms with Crippen molar-refractivity contribution in [3.8, 4) is 0 Å². The summed E-state index contributed by atoms with van der Waals surface area (Å²) in [6.45, 7) is 12.9. The Morgan fingerprint density at radius 1 is 1.18 bits per heavy atom. The quantitative estimate of drug-likeness (QED) is 0.809. The molecular weight excluding hydrogens is 272 g/mol. The lowest BCUT2D eigenvalue weighted by molar-refractivity contribution is 0.183. The van der Waals surface area contributed by atoms with Crippen LogP contribution < -0.4 is 10.6 Å². The topological polar surface area (TPSA) is 33.3 Å². The molecule has 0 aliphatic carbocycles. The number of nitrogens with one attached hydrogen (secondary N) is 2. The Balaban J connectivity index is 1.92. The summed E-state index contributed by atoms with van der Waals surface area (Å²) in [6.07, 6.45) is 2.16. The molecule has 0 aromatic heterocycles. The first-order valence-electron chi connectivity index (χ1n) is 8.56. The van der Waals surface area contributed by atoms with Crippen LogP contribution in [-0.4, -0.2) is 30.8 Å². The minimum atomic E-state index is 0.0989. The molecule has 3 heteroatoms. The van der Waals surface area contributed by atoms with E-state index in [1.54, 1.807) is 0 Å². The predicted octanol–water partition coefficient (Wildman–Crippen LogP) is 3.45. The van der Waals surface area contributed by atoms with Gasteiger partial charge < -0.3 is 15.4 Å². The number of ether oxygens (including phenoxy) is 1. The Labute approximate surface area is 135 Å². The van der Waals surface area contributed by atoms with E-state index in [1.807, 2.05) is 0 Å². The maximum atomic E-state index is 5.46. The van der Waals surface area contributed by atoms with E-state index in [-0.39, 0.29) is 5.54 Å². The molecule has 0 bridgehead atoms. The number of rotatable bonds is 7. The van der Waals surface area contributed by atoms with Crippen LogP contribution in [0.3, 0.4) is 0 Å². The summed E-state index contributed by atoms with van der Waals surface area (Å²) in [4.78, 5) is 0. The van der Waals surface area contributed by atoms with E-state index in [0.29, 0.717) is 18.1 Å². The highest BCUT2D eigenvalue weighted by Crippen LogP contribution is 2.19. The third-order valence-electron chi connectivity index (χ3n) is 4.23. The largest absolute Gasteiger partial charge is 0.380 e. The van der Waals surface area contributed by atoms with Crippen molar-refractivity contribution in [2.24, 2.45) is 0 Å². The van der Waals surface area contributed by atoms with E-state index in [9.17, 15) is 0 Å². The summed E-state index contributed by atoms with van der Waals surface area (Å²) in [5.74, 6) is 0. The fourth-order valence-corrected chi connectivity index (χ4v) is 3.28. The number of hydrogen-bond donors (Lipinski definition) is 2. The molecule has 1 fully saturated rings. The first kappa shape index (κ1) is 17.5. The van der Waals surface area contributed by atoms with E-state index in [0.717, 1.165) is 26.1 Å². The van der Waals surface area contributed by atoms with Gasteiger partial charge in [-0.25, -0.2) is 0 Å². The van der Waals surface area contributed by atoms with Gasteiger partial charge in [0, 0.05) is 30.3 Å². The molecular formula is C19H32N2O. The molecule has 0 amide bonds. The minimum absolute atomic E-state index is 0.0989. The molecule has 0 saturated carbocycles. The van der Waals surface area contributed by atoms with Crippen LogP contribution in [0.4, 0.5) is 0 Å². The molecule has 0 radical (unpaired) electrons. The third-order valence-corrected chi connectivity index (χ3v) is 4.23. The van der Waals surface area contributed by atoms with Crippen molar-refractivity contribution >= 4 is 0 Å². The molecule has 1 aromatic rings. The maximum absolute atomic E-state index is 5.46. The smallest absolute Gasteiger partial charge is 0.0620 e. The van der Waals surface area contributed by atoms with Gasteiger partial charge in [0.05, 0.1) is 6.61 Å². The molecule has 1 aliphatic rings. The van der Waals surface area contributed by atoms with E-state index in [1.165, 1.54) is 11.1 Å². The van der Waals surface area contributed by atoms with Gasteiger partial charge in [0.25, 0.3) is 0 Å². The Morgan fingerprint density at radius 3 is 2.41 bits per heavy atom. The van der Waals surface area contributed by atoms with Crippen molar-refractivity contribution < 1.29 is 4.74 Å². The van der Waals surface area contributed by atoms with Crippen LogP contribution in [0.2, 0.25) is 0 Å². The van der Waals surface area contributed by atoms with Crippen LogP contribution in [0.25, 0.3) is 0 Å². The third kappa shape index (κ3) is 5.38. The van der Waals surface area contributed by atoms with Crippen LogP contribution in [-0.2, 0) is 11.2 Å². The SMILES string of the molecule is CC(C)NC(C)c1ccc(CC(C)(C)NC2CCOC2)cc1. The van der Waals surface area contributed by atoms with Gasteiger partial charge in [-0.05, 0) is 44.7 Å². The lowest BCUT2D eigenvalue weighted by Crippen LogP contribution is -2.47. The van der Waals surface area contributed by atoms with E-state index < -0.39 is 0 Å². The van der Waals surface area contributed by atoms with Crippen LogP contribution >= 0.6 is 0 Å². The molecule has 0 spiro atoms. The Bertz CT molecular complexity index is 447. The Morgan fingerprint density at radius 2 is 1.86 bits per heavy atom. The second-order valence-electron chi connectivity index (χ2n) is 7.55. The monoisotopic (exact) mass is 304 g/mol. The summed E-state index contributed by atoms with van der Waals surface area (Å²) >= 11 is 0. The van der Waals surface area contributed by atoms with E-state index in [4.69, 9.17) is 4.74 Å². The summed E-state index contributed by atoms with van der Waals surface area (Å²) in [7, 11) is 0. The van der Waals surface area contributed by atoms with Crippen molar-refractivity contribution in [3.63, 3.8) is 0 Å². The van der Waals surface area contributed by atoms with Crippen molar-refractivity contribution in [2.75, 3.05) is 13.2 Å². The van der Waals surface area contributed by atoms with Crippen LogP contribution in [0, 0.1) is 0 Å². The van der Waals surface area contributed by atoms with Gasteiger partial charge in [0.15, 0.2) is 0 Å². The van der Waals surface area contributed by atoms with Crippen LogP contribution in [0.5, 0.6) is 0 Å². The standard InChI is InChI=1S/C19H32N2O/c1-14(2)20-15(3)17-8-6-16(7-9-17)12-19(4,5)21-18-10-11-22-13-18/h6-9,14-15,18,20-21H,10-13H2,1-5H3. The molecule has 1 aromatic carbocycles. The Hall–Kier alpha value is -0.900. The lowest BCUT2D eigenvalue weighted by Gasteiger charge is -2.30. The lowest BCUT2D eigenvalue weighted by atomic mass is 9.92. The summed E-state index contributed by atoms with van der Waals surface area (Å²) in [5.41, 5.74) is 2.84. The number of benzene rings is 1. The van der Waals surface area contributed by atoms with Gasteiger partial charge >= 0.3 is 0 Å². The highest BCUT2D eigenvalue weighted by Gasteiger charge is 2.25. The molecule has 1 saturated heterocycles. The van der Waals surface area contributed by atoms with E-state index >= 15 is 0 Å². The molecule has 3 nitrogen and oxygen atoms in total. The average Bonchev–Trinajstić information content (AvgIpc) is 2.90. The Kier molecular flexibility index (Phi) is 6.01. The first-order valence-corrected chi connectivity index (χ1v) is 8.56. The normalized spacial score (nSPS) is 20.5. The zero-order valence-electron chi connectivity index (χ0n) is 14.8. The van der Waals surface area contributed by atoms with Gasteiger partial charge in [-0.1, -0.05) is 38.1 Å². The predicted molar refractivity (Wildman–Crippen MR) is 93.3 cm³/mol. The van der Waals surface area contributed by atoms with Gasteiger partial charge in [-0.2, -0.15) is 0 Å². The first-order chi connectivity index (χ1) is 10.4. The van der Waals surface area contributed by atoms with Gasteiger partial charge in [-0.15, -0.1) is 0 Å². The average molecular weight is 304 g/mol. The molecule has 2 atom stereocenters. The summed E-state index contributed by atoms with van der Waals surface area (Å²) in [5, 5.41) is 7.28. The van der Waals surface area contributed by atoms with Gasteiger partial charge in [-0.3, -0.25) is 0 Å². The molecule has 22 heavy (non-hydrogen) atoms. The molecule has 1 aliphatic heterocycles. The van der Waals surface area contributed by atoms with Gasteiger partial charge in [0.1, 0.15) is 0 Å². The van der Waals surface area contributed by atoms with Crippen molar-refractivity contribution in [1.82, 2.24) is 10.6 Å². The second kappa shape index (κ2) is 7.58. The fourth-order valence-electron chi connectivity index (χ4n) is 3.28. The summed E-state index contributed by atoms with van der Waals surface area (Å²) in [6, 6.07) is 10.4. The highest BCUT2D eigenvalue weighted by atomic mass is 16.5.